The maximum Gasteiger partial charge on any atom is 0.243 e. The summed E-state index contributed by atoms with van der Waals surface area (Å²) in [5.41, 5.74) is 1.58. The zero-order valence-corrected chi connectivity index (χ0v) is 22.0. The predicted octanol–water partition coefficient (Wildman–Crippen LogP) is 6.32. The highest BCUT2D eigenvalue weighted by molar-refractivity contribution is 6.36. The van der Waals surface area contributed by atoms with Gasteiger partial charge in [-0.1, -0.05) is 84.7 Å². The first-order valence-electron chi connectivity index (χ1n) is 12.2. The molecular formula is C29H32Cl2N2O3. The van der Waals surface area contributed by atoms with Crippen molar-refractivity contribution in [2.45, 2.75) is 45.2 Å². The van der Waals surface area contributed by atoms with Gasteiger partial charge in [-0.05, 0) is 42.7 Å². The molecule has 3 aromatic rings. The molecule has 0 heterocycles. The molecule has 0 spiro atoms. The van der Waals surface area contributed by atoms with E-state index < -0.39 is 6.04 Å². The lowest BCUT2D eigenvalue weighted by Gasteiger charge is -2.32. The van der Waals surface area contributed by atoms with Gasteiger partial charge in [0.25, 0.3) is 0 Å². The van der Waals surface area contributed by atoms with E-state index in [9.17, 15) is 9.59 Å². The number of para-hydroxylation sites is 1. The van der Waals surface area contributed by atoms with Crippen LogP contribution in [0.2, 0.25) is 10.0 Å². The first-order valence-corrected chi connectivity index (χ1v) is 13.0. The van der Waals surface area contributed by atoms with Crippen LogP contribution in [-0.2, 0) is 22.6 Å². The lowest BCUT2D eigenvalue weighted by atomic mass is 10.0. The van der Waals surface area contributed by atoms with Crippen molar-refractivity contribution in [3.05, 3.63) is 100 Å². The van der Waals surface area contributed by atoms with E-state index in [2.05, 4.69) is 5.32 Å². The van der Waals surface area contributed by atoms with E-state index in [-0.39, 0.29) is 24.8 Å². The third kappa shape index (κ3) is 8.28. The van der Waals surface area contributed by atoms with Gasteiger partial charge in [0.2, 0.25) is 11.8 Å². The van der Waals surface area contributed by atoms with Crippen molar-refractivity contribution >= 4 is 35.0 Å². The van der Waals surface area contributed by atoms with Crippen molar-refractivity contribution in [3.8, 4) is 5.75 Å². The van der Waals surface area contributed by atoms with Gasteiger partial charge in [-0.3, -0.25) is 9.59 Å². The van der Waals surface area contributed by atoms with Gasteiger partial charge >= 0.3 is 0 Å². The molecule has 0 aliphatic heterocycles. The highest BCUT2D eigenvalue weighted by Crippen LogP contribution is 2.27. The molecule has 0 saturated heterocycles. The van der Waals surface area contributed by atoms with E-state index in [4.69, 9.17) is 27.9 Å². The smallest absolute Gasteiger partial charge is 0.243 e. The summed E-state index contributed by atoms with van der Waals surface area (Å²) in [6.45, 7) is 3.05. The predicted molar refractivity (Wildman–Crippen MR) is 145 cm³/mol. The molecule has 5 nitrogen and oxygen atoms in total. The van der Waals surface area contributed by atoms with Gasteiger partial charge in [-0.15, -0.1) is 0 Å². The highest BCUT2D eigenvalue weighted by atomic mass is 35.5. The van der Waals surface area contributed by atoms with Crippen LogP contribution >= 0.6 is 23.2 Å². The summed E-state index contributed by atoms with van der Waals surface area (Å²) in [5.74, 6) is 0.401. The maximum atomic E-state index is 13.6. The van der Waals surface area contributed by atoms with E-state index in [0.29, 0.717) is 41.6 Å². The van der Waals surface area contributed by atoms with Crippen LogP contribution in [0.4, 0.5) is 0 Å². The minimum absolute atomic E-state index is 0.133. The first-order chi connectivity index (χ1) is 17.5. The summed E-state index contributed by atoms with van der Waals surface area (Å²) >= 11 is 12.9. The van der Waals surface area contributed by atoms with E-state index in [1.54, 1.807) is 23.1 Å². The second kappa shape index (κ2) is 14.5. The maximum absolute atomic E-state index is 13.6. The Labute approximate surface area is 223 Å². The molecule has 0 fully saturated rings. The normalized spacial score (nSPS) is 11.5. The van der Waals surface area contributed by atoms with Gasteiger partial charge in [0.15, 0.2) is 0 Å². The van der Waals surface area contributed by atoms with Crippen molar-refractivity contribution in [2.75, 3.05) is 13.2 Å². The Hall–Kier alpha value is -3.02. The number of halogens is 2. The van der Waals surface area contributed by atoms with Gasteiger partial charge in [-0.25, -0.2) is 0 Å². The number of hydrogen-bond donors (Lipinski definition) is 1. The third-order valence-corrected chi connectivity index (χ3v) is 6.47. The molecular weight excluding hydrogens is 495 g/mol. The molecule has 0 aliphatic rings. The number of nitrogens with one attached hydrogen (secondary N) is 1. The monoisotopic (exact) mass is 526 g/mol. The molecule has 36 heavy (non-hydrogen) atoms. The van der Waals surface area contributed by atoms with Crippen LogP contribution in [0.15, 0.2) is 78.9 Å². The average molecular weight is 527 g/mol. The molecule has 1 N–H and O–H groups in total. The molecule has 0 unspecified atom stereocenters. The molecule has 0 saturated carbocycles. The zero-order chi connectivity index (χ0) is 25.8. The first kappa shape index (κ1) is 27.6. The number of carbonyl (C=O) groups excluding carboxylic acids is 2. The molecule has 0 aromatic heterocycles. The fourth-order valence-corrected chi connectivity index (χ4v) is 4.36. The van der Waals surface area contributed by atoms with Crippen molar-refractivity contribution in [1.82, 2.24) is 10.2 Å². The third-order valence-electron chi connectivity index (χ3n) is 5.76. The van der Waals surface area contributed by atoms with Crippen LogP contribution in [0.25, 0.3) is 0 Å². The second-order valence-electron chi connectivity index (χ2n) is 8.48. The van der Waals surface area contributed by atoms with E-state index in [1.165, 1.54) is 0 Å². The summed E-state index contributed by atoms with van der Waals surface area (Å²) in [7, 11) is 0. The molecule has 190 valence electrons. The fraction of sp³-hybridized carbons (Fsp3) is 0.310. The van der Waals surface area contributed by atoms with Crippen molar-refractivity contribution in [1.29, 1.82) is 0 Å². The standard InChI is InChI=1S/C29H32Cl2N2O3/c1-2-18-32-29(35)27(20-22-11-5-3-6-12-22)33(21-24-25(30)15-9-16-26(24)31)28(34)17-10-19-36-23-13-7-4-8-14-23/h3-9,11-16,27H,2,10,17-21H2,1H3,(H,32,35)/t27-/m1/s1. The summed E-state index contributed by atoms with van der Waals surface area (Å²) < 4.78 is 5.76. The Bertz CT molecular complexity index is 1090. The van der Waals surface area contributed by atoms with E-state index >= 15 is 0 Å². The zero-order valence-electron chi connectivity index (χ0n) is 20.5. The van der Waals surface area contributed by atoms with E-state index in [0.717, 1.165) is 17.7 Å². The second-order valence-corrected chi connectivity index (χ2v) is 9.30. The fourth-order valence-electron chi connectivity index (χ4n) is 3.85. The van der Waals surface area contributed by atoms with Crippen LogP contribution < -0.4 is 10.1 Å². The van der Waals surface area contributed by atoms with Gasteiger partial charge in [-0.2, -0.15) is 0 Å². The van der Waals surface area contributed by atoms with Crippen LogP contribution in [0.5, 0.6) is 5.75 Å². The Balaban J connectivity index is 1.83. The summed E-state index contributed by atoms with van der Waals surface area (Å²) in [6, 6.07) is 23.7. The number of rotatable bonds is 13. The topological polar surface area (TPSA) is 58.6 Å². The molecule has 3 rings (SSSR count). The molecule has 7 heteroatoms. The van der Waals surface area contributed by atoms with Crippen molar-refractivity contribution in [2.24, 2.45) is 0 Å². The number of benzene rings is 3. The van der Waals surface area contributed by atoms with Gasteiger partial charge in [0.1, 0.15) is 11.8 Å². The minimum Gasteiger partial charge on any atom is -0.494 e. The number of carbonyl (C=O) groups is 2. The lowest BCUT2D eigenvalue weighted by Crippen LogP contribution is -2.50. The van der Waals surface area contributed by atoms with Gasteiger partial charge in [0, 0.05) is 41.5 Å². The van der Waals surface area contributed by atoms with Crippen molar-refractivity contribution < 1.29 is 14.3 Å². The van der Waals surface area contributed by atoms with Gasteiger partial charge < -0.3 is 15.0 Å². The van der Waals surface area contributed by atoms with Crippen LogP contribution in [-0.4, -0.2) is 35.9 Å². The Morgan fingerprint density at radius 3 is 2.19 bits per heavy atom. The number of ether oxygens (including phenoxy) is 1. The van der Waals surface area contributed by atoms with Crippen molar-refractivity contribution in [3.63, 3.8) is 0 Å². The molecule has 0 bridgehead atoms. The molecule has 3 aromatic carbocycles. The Morgan fingerprint density at radius 2 is 1.56 bits per heavy atom. The molecule has 0 radical (unpaired) electrons. The van der Waals surface area contributed by atoms with E-state index in [1.807, 2.05) is 67.6 Å². The molecule has 0 aliphatic carbocycles. The van der Waals surface area contributed by atoms with Crippen LogP contribution in [0, 0.1) is 0 Å². The highest BCUT2D eigenvalue weighted by Gasteiger charge is 2.31. The Kier molecular flexibility index (Phi) is 11.1. The molecule has 2 amide bonds. The quantitative estimate of drug-likeness (QED) is 0.265. The number of nitrogens with zero attached hydrogens (tertiary/aromatic N) is 1. The van der Waals surface area contributed by atoms with Crippen LogP contribution in [0.1, 0.15) is 37.3 Å². The van der Waals surface area contributed by atoms with Gasteiger partial charge in [0.05, 0.1) is 6.61 Å². The summed E-state index contributed by atoms with van der Waals surface area (Å²) in [6.07, 6.45) is 1.91. The minimum atomic E-state index is -0.714. The molecule has 1 atom stereocenters. The lowest BCUT2D eigenvalue weighted by molar-refractivity contribution is -0.141. The average Bonchev–Trinajstić information content (AvgIpc) is 2.89. The Morgan fingerprint density at radius 1 is 0.917 bits per heavy atom. The summed E-state index contributed by atoms with van der Waals surface area (Å²) in [4.78, 5) is 28.5. The number of hydrogen-bond acceptors (Lipinski definition) is 3. The SMILES string of the molecule is CCCNC(=O)[C@@H](Cc1ccccc1)N(Cc1c(Cl)cccc1Cl)C(=O)CCCOc1ccccc1. The summed E-state index contributed by atoms with van der Waals surface area (Å²) in [5, 5.41) is 3.89. The largest absolute Gasteiger partial charge is 0.494 e. The van der Waals surface area contributed by atoms with Crippen LogP contribution in [0.3, 0.4) is 0 Å². The number of amides is 2.